The summed E-state index contributed by atoms with van der Waals surface area (Å²) < 4.78 is 0. The molecule has 1 aliphatic heterocycles. The van der Waals surface area contributed by atoms with Gasteiger partial charge in [0.1, 0.15) is 6.04 Å². The van der Waals surface area contributed by atoms with Crippen LogP contribution in [-0.4, -0.2) is 23.7 Å². The summed E-state index contributed by atoms with van der Waals surface area (Å²) in [5, 5.41) is 12.6. The van der Waals surface area contributed by atoms with Gasteiger partial charge >= 0.3 is 5.97 Å². The summed E-state index contributed by atoms with van der Waals surface area (Å²) in [5.74, 6) is -0.672. The number of rotatable bonds is 1. The van der Waals surface area contributed by atoms with E-state index in [0.29, 0.717) is 0 Å². The monoisotopic (exact) mass is 353 g/mol. The van der Waals surface area contributed by atoms with Crippen LogP contribution in [0.25, 0.3) is 0 Å². The molecule has 0 aromatic heterocycles. The smallest absolute Gasteiger partial charge is 0.320 e. The van der Waals surface area contributed by atoms with Crippen LogP contribution in [0.4, 0.5) is 0 Å². The predicted octanol–water partition coefficient (Wildman–Crippen LogP) is 6.45. The van der Waals surface area contributed by atoms with Crippen molar-refractivity contribution in [1.82, 2.24) is 5.32 Å². The Kier molecular flexibility index (Phi) is 15.2. The number of carbonyl (C=O) groups is 1. The predicted molar refractivity (Wildman–Crippen MR) is 107 cm³/mol. The molecule has 1 aliphatic rings. The van der Waals surface area contributed by atoms with Crippen molar-refractivity contribution >= 4 is 5.97 Å². The summed E-state index contributed by atoms with van der Waals surface area (Å²) in [5.41, 5.74) is 0. The molecule has 0 aromatic carbocycles. The zero-order chi connectivity index (χ0) is 18.0. The molecule has 25 heavy (non-hydrogen) atoms. The van der Waals surface area contributed by atoms with Crippen molar-refractivity contribution in [2.45, 2.75) is 128 Å². The molecule has 3 nitrogen and oxygen atoms in total. The Morgan fingerprint density at radius 2 is 0.880 bits per heavy atom. The molecule has 0 spiro atoms. The van der Waals surface area contributed by atoms with Crippen LogP contribution in [-0.2, 0) is 4.79 Å². The number of carboxylic acid groups (broad SMARTS) is 1. The third kappa shape index (κ3) is 14.3. The van der Waals surface area contributed by atoms with Gasteiger partial charge in [-0.25, -0.2) is 0 Å². The maximum absolute atomic E-state index is 11.3. The first-order chi connectivity index (χ1) is 12.3. The summed E-state index contributed by atoms with van der Waals surface area (Å²) in [7, 11) is 0. The first-order valence-electron chi connectivity index (χ1n) is 11.3. The van der Waals surface area contributed by atoms with Crippen LogP contribution in [0.3, 0.4) is 0 Å². The average molecular weight is 354 g/mol. The largest absolute Gasteiger partial charge is 0.480 e. The fourth-order valence-corrected chi connectivity index (χ4v) is 3.89. The van der Waals surface area contributed by atoms with Crippen LogP contribution in [0.1, 0.15) is 122 Å². The highest BCUT2D eigenvalue weighted by Crippen LogP contribution is 2.15. The fourth-order valence-electron chi connectivity index (χ4n) is 3.89. The Balaban J connectivity index is 2.20. The van der Waals surface area contributed by atoms with Gasteiger partial charge in [-0.05, 0) is 19.4 Å². The van der Waals surface area contributed by atoms with Crippen molar-refractivity contribution < 1.29 is 9.90 Å². The third-order valence-electron chi connectivity index (χ3n) is 5.61. The van der Waals surface area contributed by atoms with Gasteiger partial charge in [-0.15, -0.1) is 0 Å². The Hall–Kier alpha value is -0.570. The van der Waals surface area contributed by atoms with Gasteiger partial charge in [-0.2, -0.15) is 0 Å². The zero-order valence-corrected chi connectivity index (χ0v) is 16.6. The molecule has 148 valence electrons. The van der Waals surface area contributed by atoms with Crippen LogP contribution in [0.15, 0.2) is 0 Å². The van der Waals surface area contributed by atoms with Crippen molar-refractivity contribution in [3.63, 3.8) is 0 Å². The van der Waals surface area contributed by atoms with Gasteiger partial charge in [0.15, 0.2) is 0 Å². The lowest BCUT2D eigenvalue weighted by Crippen LogP contribution is -2.37. The van der Waals surface area contributed by atoms with E-state index in [4.69, 9.17) is 0 Å². The quantitative estimate of drug-likeness (QED) is 0.569. The van der Waals surface area contributed by atoms with Gasteiger partial charge in [-0.3, -0.25) is 4.79 Å². The molecule has 1 fully saturated rings. The second-order valence-corrected chi connectivity index (χ2v) is 8.00. The summed E-state index contributed by atoms with van der Waals surface area (Å²) in [6.45, 7) is 0.858. The van der Waals surface area contributed by atoms with Crippen LogP contribution >= 0.6 is 0 Å². The van der Waals surface area contributed by atoms with Gasteiger partial charge in [0, 0.05) is 0 Å². The topological polar surface area (TPSA) is 49.3 Å². The Labute approximate surface area is 156 Å². The SMILES string of the molecule is O=C(O)C1CCCCCCCCCCCCCCCCCCCCN1. The first kappa shape index (κ1) is 22.5. The average Bonchev–Trinajstić information content (AvgIpc) is 2.60. The number of aliphatic carboxylic acids is 1. The summed E-state index contributed by atoms with van der Waals surface area (Å²) >= 11 is 0. The number of carboxylic acids is 1. The number of nitrogens with one attached hydrogen (secondary N) is 1. The minimum Gasteiger partial charge on any atom is -0.480 e. The van der Waals surface area contributed by atoms with Crippen LogP contribution < -0.4 is 5.32 Å². The first-order valence-corrected chi connectivity index (χ1v) is 11.3. The molecule has 0 amide bonds. The molecule has 0 bridgehead atoms. The lowest BCUT2D eigenvalue weighted by atomic mass is 10.0. The van der Waals surface area contributed by atoms with Crippen molar-refractivity contribution in [2.24, 2.45) is 0 Å². The number of hydrogen-bond donors (Lipinski definition) is 2. The van der Waals surface area contributed by atoms with Gasteiger partial charge in [0.05, 0.1) is 0 Å². The Bertz CT molecular complexity index is 284. The molecular formula is C22H43NO2. The zero-order valence-electron chi connectivity index (χ0n) is 16.6. The van der Waals surface area contributed by atoms with E-state index in [1.807, 2.05) is 0 Å². The minimum atomic E-state index is -0.672. The van der Waals surface area contributed by atoms with Gasteiger partial charge < -0.3 is 10.4 Å². The van der Waals surface area contributed by atoms with Gasteiger partial charge in [0.25, 0.3) is 0 Å². The maximum atomic E-state index is 11.3. The molecule has 3 heteroatoms. The molecule has 0 aliphatic carbocycles. The summed E-state index contributed by atoms with van der Waals surface area (Å²) in [4.78, 5) is 11.3. The molecule has 1 heterocycles. The van der Waals surface area contributed by atoms with E-state index in [2.05, 4.69) is 5.32 Å². The second kappa shape index (κ2) is 16.9. The lowest BCUT2D eigenvalue weighted by Gasteiger charge is -2.14. The molecular weight excluding hydrogens is 310 g/mol. The van der Waals surface area contributed by atoms with E-state index < -0.39 is 5.97 Å². The van der Waals surface area contributed by atoms with Crippen LogP contribution in [0.2, 0.25) is 0 Å². The van der Waals surface area contributed by atoms with Crippen molar-refractivity contribution in [3.8, 4) is 0 Å². The van der Waals surface area contributed by atoms with E-state index in [-0.39, 0.29) is 6.04 Å². The van der Waals surface area contributed by atoms with Gasteiger partial charge in [-0.1, -0.05) is 109 Å². The second-order valence-electron chi connectivity index (χ2n) is 8.00. The van der Waals surface area contributed by atoms with Crippen molar-refractivity contribution in [3.05, 3.63) is 0 Å². The van der Waals surface area contributed by atoms with Crippen molar-refractivity contribution in [1.29, 1.82) is 0 Å². The van der Waals surface area contributed by atoms with Crippen molar-refractivity contribution in [2.75, 3.05) is 6.54 Å². The molecule has 1 saturated heterocycles. The third-order valence-corrected chi connectivity index (χ3v) is 5.61. The van der Waals surface area contributed by atoms with Gasteiger partial charge in [0.2, 0.25) is 0 Å². The summed E-state index contributed by atoms with van der Waals surface area (Å²) in [6, 6.07) is -0.335. The molecule has 2 N–H and O–H groups in total. The van der Waals surface area contributed by atoms with E-state index in [1.165, 1.54) is 103 Å². The maximum Gasteiger partial charge on any atom is 0.320 e. The van der Waals surface area contributed by atoms with E-state index in [9.17, 15) is 9.90 Å². The minimum absolute atomic E-state index is 0.335. The highest BCUT2D eigenvalue weighted by Gasteiger charge is 2.15. The molecule has 1 unspecified atom stereocenters. The normalized spacial score (nSPS) is 25.4. The van der Waals surface area contributed by atoms with Crippen LogP contribution in [0.5, 0.6) is 0 Å². The highest BCUT2D eigenvalue weighted by atomic mass is 16.4. The molecule has 0 radical (unpaired) electrons. The van der Waals surface area contributed by atoms with E-state index in [1.54, 1.807) is 0 Å². The Morgan fingerprint density at radius 3 is 1.24 bits per heavy atom. The molecule has 1 atom stereocenters. The molecule has 1 rings (SSSR count). The lowest BCUT2D eigenvalue weighted by molar-refractivity contribution is -0.139. The fraction of sp³-hybridized carbons (Fsp3) is 0.955. The van der Waals surface area contributed by atoms with E-state index >= 15 is 0 Å². The summed E-state index contributed by atoms with van der Waals surface area (Å²) in [6.07, 6.45) is 24.7. The van der Waals surface area contributed by atoms with E-state index in [0.717, 1.165) is 25.8 Å². The molecule has 0 aromatic rings. The molecule has 0 saturated carbocycles. The Morgan fingerprint density at radius 1 is 0.560 bits per heavy atom. The highest BCUT2D eigenvalue weighted by molar-refractivity contribution is 5.73. The van der Waals surface area contributed by atoms with Crippen LogP contribution in [0, 0.1) is 0 Å². The number of hydrogen-bond acceptors (Lipinski definition) is 2. The standard InChI is InChI=1S/C22H43NO2/c24-22(25)21-19-17-15-13-11-9-7-5-3-1-2-4-6-8-10-12-14-16-18-20-23-21/h21,23H,1-20H2,(H,24,25).